The van der Waals surface area contributed by atoms with Crippen LogP contribution < -0.4 is 5.32 Å². The molecular weight excluding hydrogens is 198 g/mol. The van der Waals surface area contributed by atoms with Gasteiger partial charge in [0.2, 0.25) is 0 Å². The normalized spacial score (nSPS) is 13.8. The molecule has 0 saturated carbocycles. The quantitative estimate of drug-likeness (QED) is 0.800. The topological polar surface area (TPSA) is 17.0 Å². The van der Waals surface area contributed by atoms with Crippen molar-refractivity contribution in [2.75, 3.05) is 7.05 Å². The maximum absolute atomic E-state index is 12.1. The highest BCUT2D eigenvalue weighted by atomic mass is 19.3. The fourth-order valence-electron chi connectivity index (χ4n) is 1.80. The van der Waals surface area contributed by atoms with Crippen molar-refractivity contribution in [3.05, 3.63) is 24.0 Å². The molecule has 0 saturated heterocycles. The number of alkyl halides is 2. The van der Waals surface area contributed by atoms with Crippen molar-refractivity contribution in [1.82, 2.24) is 9.88 Å². The molecule has 1 atom stereocenters. The van der Waals surface area contributed by atoms with E-state index in [4.69, 9.17) is 0 Å². The van der Waals surface area contributed by atoms with Gasteiger partial charge in [0.1, 0.15) is 0 Å². The molecule has 4 heteroatoms. The number of halogens is 2. The van der Waals surface area contributed by atoms with E-state index in [1.165, 1.54) is 4.57 Å². The molecule has 1 N–H and O–H groups in total. The molecule has 1 unspecified atom stereocenters. The fraction of sp³-hybridized carbons (Fsp3) is 0.636. The van der Waals surface area contributed by atoms with Crippen LogP contribution in [0.2, 0.25) is 0 Å². The van der Waals surface area contributed by atoms with Crippen LogP contribution in [0.3, 0.4) is 0 Å². The van der Waals surface area contributed by atoms with E-state index in [2.05, 4.69) is 19.2 Å². The highest BCUT2D eigenvalue weighted by molar-refractivity contribution is 5.16. The Morgan fingerprint density at radius 1 is 1.40 bits per heavy atom. The van der Waals surface area contributed by atoms with Gasteiger partial charge in [-0.1, -0.05) is 13.8 Å². The van der Waals surface area contributed by atoms with Gasteiger partial charge in [-0.05, 0) is 24.6 Å². The second-order valence-electron chi connectivity index (χ2n) is 4.04. The van der Waals surface area contributed by atoms with Crippen molar-refractivity contribution in [3.63, 3.8) is 0 Å². The van der Waals surface area contributed by atoms with Gasteiger partial charge >= 0.3 is 0 Å². The van der Waals surface area contributed by atoms with E-state index in [-0.39, 0.29) is 12.6 Å². The van der Waals surface area contributed by atoms with Gasteiger partial charge in [0.05, 0.1) is 6.54 Å². The van der Waals surface area contributed by atoms with Gasteiger partial charge in [0.25, 0.3) is 6.43 Å². The Hall–Kier alpha value is -0.900. The lowest BCUT2D eigenvalue weighted by Crippen LogP contribution is -2.21. The number of nitrogens with one attached hydrogen (secondary N) is 1. The monoisotopic (exact) mass is 216 g/mol. The summed E-state index contributed by atoms with van der Waals surface area (Å²) in [5.41, 5.74) is 1.06. The Balaban J connectivity index is 2.73. The summed E-state index contributed by atoms with van der Waals surface area (Å²) in [6, 6.07) is 2.12. The van der Waals surface area contributed by atoms with Crippen molar-refractivity contribution < 1.29 is 8.78 Å². The largest absolute Gasteiger partial charge is 0.348 e. The number of hydrogen-bond acceptors (Lipinski definition) is 1. The molecule has 1 rings (SSSR count). The van der Waals surface area contributed by atoms with Crippen molar-refractivity contribution in [1.29, 1.82) is 0 Å². The Kier molecular flexibility index (Phi) is 4.27. The summed E-state index contributed by atoms with van der Waals surface area (Å²) in [7, 11) is 1.88. The first-order valence-corrected chi connectivity index (χ1v) is 5.15. The molecule has 1 aromatic heterocycles. The summed E-state index contributed by atoms with van der Waals surface area (Å²) in [6.45, 7) is 3.98. The summed E-state index contributed by atoms with van der Waals surface area (Å²) < 4.78 is 25.8. The predicted octanol–water partition coefficient (Wildman–Crippen LogP) is 2.67. The van der Waals surface area contributed by atoms with Crippen LogP contribution >= 0.6 is 0 Å². The second-order valence-corrected chi connectivity index (χ2v) is 4.04. The molecular formula is C11H18F2N2. The van der Waals surface area contributed by atoms with Gasteiger partial charge in [-0.3, -0.25) is 0 Å². The van der Waals surface area contributed by atoms with Crippen LogP contribution in [0.25, 0.3) is 0 Å². The van der Waals surface area contributed by atoms with Crippen LogP contribution in [-0.4, -0.2) is 18.0 Å². The Morgan fingerprint density at radius 3 is 2.53 bits per heavy atom. The molecule has 0 aromatic carbocycles. The van der Waals surface area contributed by atoms with E-state index in [1.807, 2.05) is 13.1 Å². The average Bonchev–Trinajstić information content (AvgIpc) is 2.52. The smallest absolute Gasteiger partial charge is 0.256 e. The first kappa shape index (κ1) is 12.2. The van der Waals surface area contributed by atoms with Gasteiger partial charge in [0.15, 0.2) is 0 Å². The highest BCUT2D eigenvalue weighted by Gasteiger charge is 2.15. The zero-order valence-corrected chi connectivity index (χ0v) is 9.37. The highest BCUT2D eigenvalue weighted by Crippen LogP contribution is 2.21. The van der Waals surface area contributed by atoms with Crippen LogP contribution in [-0.2, 0) is 6.54 Å². The number of rotatable bonds is 5. The first-order chi connectivity index (χ1) is 7.04. The van der Waals surface area contributed by atoms with Crippen LogP contribution in [0.1, 0.15) is 25.5 Å². The Bertz CT molecular complexity index is 295. The zero-order chi connectivity index (χ0) is 11.4. The van der Waals surface area contributed by atoms with Gasteiger partial charge < -0.3 is 9.88 Å². The third-order valence-corrected chi connectivity index (χ3v) is 2.46. The van der Waals surface area contributed by atoms with Gasteiger partial charge in [-0.15, -0.1) is 0 Å². The molecule has 0 fully saturated rings. The molecule has 0 amide bonds. The lowest BCUT2D eigenvalue weighted by Gasteiger charge is -2.18. The summed E-state index contributed by atoms with van der Waals surface area (Å²) in [5, 5.41) is 3.18. The minimum Gasteiger partial charge on any atom is -0.348 e. The predicted molar refractivity (Wildman–Crippen MR) is 57.1 cm³/mol. The van der Waals surface area contributed by atoms with Crippen molar-refractivity contribution in [2.45, 2.75) is 32.9 Å². The Labute approximate surface area is 89.3 Å². The van der Waals surface area contributed by atoms with E-state index >= 15 is 0 Å². The number of aromatic nitrogens is 1. The molecule has 1 heterocycles. The number of nitrogens with zero attached hydrogens (tertiary/aromatic N) is 1. The Morgan fingerprint density at radius 2 is 2.07 bits per heavy atom. The van der Waals surface area contributed by atoms with Gasteiger partial charge in [-0.2, -0.15) is 0 Å². The minimum atomic E-state index is -2.29. The zero-order valence-electron chi connectivity index (χ0n) is 9.37. The first-order valence-electron chi connectivity index (χ1n) is 5.15. The van der Waals surface area contributed by atoms with Gasteiger partial charge in [0, 0.05) is 18.4 Å². The molecule has 0 aliphatic rings. The van der Waals surface area contributed by atoms with E-state index in [0.717, 1.165) is 5.56 Å². The van der Waals surface area contributed by atoms with Crippen LogP contribution in [0, 0.1) is 5.92 Å². The summed E-state index contributed by atoms with van der Waals surface area (Å²) in [4.78, 5) is 0. The standard InChI is InChI=1S/C11H18F2N2/c1-8(2)11(14-3)9-4-5-15(6-9)7-10(12)13/h4-6,8,10-11,14H,7H2,1-3H3. The SMILES string of the molecule is CNC(c1ccn(CC(F)F)c1)C(C)C. The lowest BCUT2D eigenvalue weighted by molar-refractivity contribution is 0.126. The maximum Gasteiger partial charge on any atom is 0.256 e. The summed E-state index contributed by atoms with van der Waals surface area (Å²) in [5.74, 6) is 0.442. The van der Waals surface area contributed by atoms with Crippen LogP contribution in [0.5, 0.6) is 0 Å². The van der Waals surface area contributed by atoms with Crippen molar-refractivity contribution in [2.24, 2.45) is 5.92 Å². The van der Waals surface area contributed by atoms with E-state index in [0.29, 0.717) is 5.92 Å². The third kappa shape index (κ3) is 3.30. The average molecular weight is 216 g/mol. The number of hydrogen-bond donors (Lipinski definition) is 1. The minimum absolute atomic E-state index is 0.226. The molecule has 1 aromatic rings. The molecule has 0 aliphatic carbocycles. The maximum atomic E-state index is 12.1. The second kappa shape index (κ2) is 5.26. The summed E-state index contributed by atoms with van der Waals surface area (Å²) >= 11 is 0. The van der Waals surface area contributed by atoms with Gasteiger partial charge in [-0.25, -0.2) is 8.78 Å². The lowest BCUT2D eigenvalue weighted by atomic mass is 9.99. The van der Waals surface area contributed by atoms with Crippen molar-refractivity contribution >= 4 is 0 Å². The third-order valence-electron chi connectivity index (χ3n) is 2.46. The molecule has 15 heavy (non-hydrogen) atoms. The van der Waals surface area contributed by atoms with E-state index in [9.17, 15) is 8.78 Å². The summed E-state index contributed by atoms with van der Waals surface area (Å²) in [6.07, 6.45) is 1.19. The van der Waals surface area contributed by atoms with E-state index in [1.54, 1.807) is 12.4 Å². The van der Waals surface area contributed by atoms with Crippen LogP contribution in [0.4, 0.5) is 8.78 Å². The van der Waals surface area contributed by atoms with Crippen molar-refractivity contribution in [3.8, 4) is 0 Å². The molecule has 2 nitrogen and oxygen atoms in total. The van der Waals surface area contributed by atoms with E-state index < -0.39 is 6.43 Å². The molecule has 86 valence electrons. The molecule has 0 bridgehead atoms. The molecule has 0 aliphatic heterocycles. The molecule has 0 spiro atoms. The van der Waals surface area contributed by atoms with Crippen LogP contribution in [0.15, 0.2) is 18.5 Å². The fourth-order valence-corrected chi connectivity index (χ4v) is 1.80. The molecule has 0 radical (unpaired) electrons.